The van der Waals surface area contributed by atoms with Gasteiger partial charge in [-0.1, -0.05) is 107 Å². The van der Waals surface area contributed by atoms with Gasteiger partial charge >= 0.3 is 0 Å². The van der Waals surface area contributed by atoms with Crippen LogP contribution < -0.4 is 5.73 Å². The Morgan fingerprint density at radius 3 is 1.60 bits per heavy atom. The third-order valence-corrected chi connectivity index (χ3v) is 4.73. The van der Waals surface area contributed by atoms with Crippen LogP contribution in [0.3, 0.4) is 0 Å². The largest absolute Gasteiger partial charge is 0.392 e. The fourth-order valence-corrected chi connectivity index (χ4v) is 2.92. The highest BCUT2D eigenvalue weighted by molar-refractivity contribution is 7.40. The van der Waals surface area contributed by atoms with E-state index in [9.17, 15) is 4.79 Å². The number of hydrogen-bond donors (Lipinski definition) is 2. The summed E-state index contributed by atoms with van der Waals surface area (Å²) < 4.78 is 0. The standard InChI is InChI=1S/C14H29OP.C7H17NO/c1-2-3-4-5-6-7-8-9-10-11-12-13-14(15)16;1-2-3-4-5-7(9)6-8/h2-13,16H2,1H3;7,9H,2-6,8H2,1H3. The SMILES string of the molecule is CCCCCC(O)CN.CCCCCCCCCCCCCC(=O)P. The molecule has 0 bridgehead atoms. The van der Waals surface area contributed by atoms with E-state index in [0.29, 0.717) is 6.54 Å². The topological polar surface area (TPSA) is 63.3 Å². The summed E-state index contributed by atoms with van der Waals surface area (Å²) >= 11 is 0. The summed E-state index contributed by atoms with van der Waals surface area (Å²) in [5, 5.41) is 8.96. The van der Waals surface area contributed by atoms with Gasteiger partial charge in [0.25, 0.3) is 0 Å². The summed E-state index contributed by atoms with van der Waals surface area (Å²) in [4.78, 5) is 10.7. The molecule has 0 saturated carbocycles. The van der Waals surface area contributed by atoms with Crippen molar-refractivity contribution in [2.75, 3.05) is 6.54 Å². The molecule has 0 amide bonds. The van der Waals surface area contributed by atoms with Crippen LogP contribution in [0.2, 0.25) is 0 Å². The maximum atomic E-state index is 10.7. The van der Waals surface area contributed by atoms with Crippen molar-refractivity contribution in [3.05, 3.63) is 0 Å². The molecule has 0 radical (unpaired) electrons. The van der Waals surface area contributed by atoms with E-state index in [0.717, 1.165) is 25.7 Å². The molecule has 0 aliphatic rings. The van der Waals surface area contributed by atoms with E-state index in [1.165, 1.54) is 77.0 Å². The molecule has 2 unspecified atom stereocenters. The van der Waals surface area contributed by atoms with E-state index >= 15 is 0 Å². The first-order valence-electron chi connectivity index (χ1n) is 10.7. The Morgan fingerprint density at radius 2 is 1.20 bits per heavy atom. The molecule has 0 aliphatic carbocycles. The number of hydrogen-bond acceptors (Lipinski definition) is 3. The lowest BCUT2D eigenvalue weighted by Crippen LogP contribution is -2.19. The van der Waals surface area contributed by atoms with Crippen molar-refractivity contribution in [3.8, 4) is 0 Å². The van der Waals surface area contributed by atoms with Crippen LogP contribution in [0.1, 0.15) is 117 Å². The number of carbonyl (C=O) groups excluding carboxylic acids is 1. The molecule has 0 heterocycles. The lowest BCUT2D eigenvalue weighted by molar-refractivity contribution is -0.111. The molecule has 2 atom stereocenters. The normalized spacial score (nSPS) is 11.7. The Balaban J connectivity index is 0. The Labute approximate surface area is 160 Å². The Bertz CT molecular complexity index is 262. The second-order valence-electron chi connectivity index (χ2n) is 7.14. The second-order valence-corrected chi connectivity index (χ2v) is 7.78. The minimum absolute atomic E-state index is 0.260. The number of rotatable bonds is 17. The molecular weight excluding hydrogens is 329 g/mol. The predicted octanol–water partition coefficient (Wildman–Crippen LogP) is 5.98. The minimum Gasteiger partial charge on any atom is -0.392 e. The van der Waals surface area contributed by atoms with Gasteiger partial charge in [-0.05, 0) is 12.8 Å². The average molecular weight is 376 g/mol. The summed E-state index contributed by atoms with van der Waals surface area (Å²) in [5.41, 5.74) is 5.46. The van der Waals surface area contributed by atoms with Crippen LogP contribution in [0.25, 0.3) is 0 Å². The third-order valence-electron chi connectivity index (χ3n) is 4.44. The first-order valence-corrected chi connectivity index (χ1v) is 11.3. The first-order chi connectivity index (χ1) is 12.1. The summed E-state index contributed by atoms with van der Waals surface area (Å²) in [6.07, 6.45) is 19.7. The molecule has 25 heavy (non-hydrogen) atoms. The highest BCUT2D eigenvalue weighted by Gasteiger charge is 1.98. The molecule has 0 fully saturated rings. The van der Waals surface area contributed by atoms with Crippen molar-refractivity contribution in [3.63, 3.8) is 0 Å². The summed E-state index contributed by atoms with van der Waals surface area (Å²) in [6.45, 7) is 4.82. The van der Waals surface area contributed by atoms with Crippen LogP contribution in [0.15, 0.2) is 0 Å². The van der Waals surface area contributed by atoms with Gasteiger partial charge in [0.1, 0.15) is 5.52 Å². The summed E-state index contributed by atoms with van der Waals surface area (Å²) in [6, 6.07) is 0. The van der Waals surface area contributed by atoms with Crippen molar-refractivity contribution in [1.29, 1.82) is 0 Å². The van der Waals surface area contributed by atoms with Gasteiger partial charge in [0.2, 0.25) is 0 Å². The highest BCUT2D eigenvalue weighted by atomic mass is 31.0. The molecule has 152 valence electrons. The molecule has 0 rings (SSSR count). The zero-order valence-corrected chi connectivity index (χ0v) is 18.3. The predicted molar refractivity (Wildman–Crippen MR) is 115 cm³/mol. The zero-order valence-electron chi connectivity index (χ0n) is 17.1. The van der Waals surface area contributed by atoms with E-state index in [1.807, 2.05) is 0 Å². The van der Waals surface area contributed by atoms with Gasteiger partial charge in [0, 0.05) is 13.0 Å². The summed E-state index contributed by atoms with van der Waals surface area (Å²) in [7, 11) is 2.25. The molecule has 0 spiro atoms. The lowest BCUT2D eigenvalue weighted by Gasteiger charge is -2.04. The van der Waals surface area contributed by atoms with Crippen LogP contribution in [-0.4, -0.2) is 23.3 Å². The van der Waals surface area contributed by atoms with Gasteiger partial charge in [-0.3, -0.25) is 4.79 Å². The lowest BCUT2D eigenvalue weighted by atomic mass is 10.1. The zero-order chi connectivity index (χ0) is 19.2. The van der Waals surface area contributed by atoms with Gasteiger partial charge in [-0.2, -0.15) is 0 Å². The van der Waals surface area contributed by atoms with Crippen LogP contribution in [0, 0.1) is 0 Å². The molecule has 0 aromatic rings. The number of aliphatic hydroxyl groups excluding tert-OH is 1. The molecule has 0 aromatic heterocycles. The van der Waals surface area contributed by atoms with Gasteiger partial charge in [-0.25, -0.2) is 0 Å². The number of aliphatic hydroxyl groups is 1. The van der Waals surface area contributed by atoms with E-state index in [2.05, 4.69) is 23.1 Å². The van der Waals surface area contributed by atoms with E-state index < -0.39 is 0 Å². The fraction of sp³-hybridized carbons (Fsp3) is 0.952. The van der Waals surface area contributed by atoms with Crippen LogP contribution in [0.4, 0.5) is 0 Å². The van der Waals surface area contributed by atoms with Crippen molar-refractivity contribution in [2.45, 2.75) is 123 Å². The quantitative estimate of drug-likeness (QED) is 0.243. The Morgan fingerprint density at radius 1 is 0.800 bits per heavy atom. The van der Waals surface area contributed by atoms with Gasteiger partial charge in [0.15, 0.2) is 0 Å². The Kier molecular flexibility index (Phi) is 26.2. The third kappa shape index (κ3) is 29.1. The van der Waals surface area contributed by atoms with Crippen molar-refractivity contribution < 1.29 is 9.90 Å². The van der Waals surface area contributed by atoms with E-state index in [1.54, 1.807) is 0 Å². The van der Waals surface area contributed by atoms with Crippen LogP contribution in [0.5, 0.6) is 0 Å². The van der Waals surface area contributed by atoms with Crippen molar-refractivity contribution in [1.82, 2.24) is 0 Å². The monoisotopic (exact) mass is 375 g/mol. The smallest absolute Gasteiger partial charge is 0.148 e. The number of carbonyl (C=O) groups is 1. The van der Waals surface area contributed by atoms with Crippen LogP contribution in [-0.2, 0) is 4.79 Å². The average Bonchev–Trinajstić information content (AvgIpc) is 2.60. The molecular formula is C21H46NO2P. The minimum atomic E-state index is -0.267. The van der Waals surface area contributed by atoms with E-state index in [-0.39, 0.29) is 11.6 Å². The fourth-order valence-electron chi connectivity index (χ4n) is 2.71. The summed E-state index contributed by atoms with van der Waals surface area (Å²) in [5.74, 6) is 0. The van der Waals surface area contributed by atoms with Crippen molar-refractivity contribution >= 4 is 14.8 Å². The highest BCUT2D eigenvalue weighted by Crippen LogP contribution is 2.12. The van der Waals surface area contributed by atoms with E-state index in [4.69, 9.17) is 10.8 Å². The maximum Gasteiger partial charge on any atom is 0.148 e. The molecule has 3 N–H and O–H groups in total. The second kappa shape index (κ2) is 24.0. The number of unbranched alkanes of at least 4 members (excludes halogenated alkanes) is 12. The Hall–Kier alpha value is 0.0200. The first kappa shape index (κ1) is 27.2. The van der Waals surface area contributed by atoms with Gasteiger partial charge < -0.3 is 10.8 Å². The maximum absolute atomic E-state index is 10.7. The van der Waals surface area contributed by atoms with Gasteiger partial charge in [0.05, 0.1) is 6.10 Å². The van der Waals surface area contributed by atoms with Crippen molar-refractivity contribution in [2.24, 2.45) is 5.73 Å². The molecule has 0 aliphatic heterocycles. The molecule has 0 aromatic carbocycles. The molecule has 3 nitrogen and oxygen atoms in total. The van der Waals surface area contributed by atoms with Gasteiger partial charge in [-0.15, -0.1) is 0 Å². The van der Waals surface area contributed by atoms with Crippen LogP contribution >= 0.6 is 9.24 Å². The molecule has 0 saturated heterocycles. The molecule has 4 heteroatoms. The number of nitrogens with two attached hydrogens (primary N) is 1.